The Morgan fingerprint density at radius 1 is 1.13 bits per heavy atom. The molecule has 174 valence electrons. The summed E-state index contributed by atoms with van der Waals surface area (Å²) in [6, 6.07) is -2.26. The average molecular weight is 465 g/mol. The van der Waals surface area contributed by atoms with Gasteiger partial charge in [-0.1, -0.05) is 6.08 Å². The molecule has 2 atom stereocenters. The molecule has 0 aliphatic heterocycles. The molecular formula is C16H16F9N5O. The Bertz CT molecular complexity index is 879. The minimum Gasteiger partial charge on any atom is -0.380 e. The third-order valence-corrected chi connectivity index (χ3v) is 4.22. The molecule has 1 aliphatic carbocycles. The van der Waals surface area contributed by atoms with Crippen molar-refractivity contribution in [3.05, 3.63) is 23.4 Å². The number of halogens is 9. The van der Waals surface area contributed by atoms with Crippen LogP contribution in [0.3, 0.4) is 0 Å². The monoisotopic (exact) mass is 465 g/mol. The molecule has 1 aromatic rings. The van der Waals surface area contributed by atoms with E-state index >= 15 is 0 Å². The summed E-state index contributed by atoms with van der Waals surface area (Å²) in [6.07, 6.45) is -13.8. The lowest BCUT2D eigenvalue weighted by Gasteiger charge is -2.27. The maximum absolute atomic E-state index is 14.3. The van der Waals surface area contributed by atoms with E-state index in [4.69, 9.17) is 0 Å². The summed E-state index contributed by atoms with van der Waals surface area (Å²) in [6.45, 7) is 1.67. The second-order valence-electron chi connectivity index (χ2n) is 6.53. The van der Waals surface area contributed by atoms with Crippen molar-refractivity contribution in [1.82, 2.24) is 15.0 Å². The van der Waals surface area contributed by atoms with Gasteiger partial charge in [0.15, 0.2) is 11.9 Å². The predicted octanol–water partition coefficient (Wildman–Crippen LogP) is 4.58. The fourth-order valence-corrected chi connectivity index (χ4v) is 2.45. The third-order valence-electron chi connectivity index (χ3n) is 4.22. The van der Waals surface area contributed by atoms with Gasteiger partial charge < -0.3 is 15.7 Å². The molecule has 0 radical (unpaired) electrons. The number of aliphatic hydroxyl groups excluding tert-OH is 1. The molecule has 2 rings (SSSR count). The summed E-state index contributed by atoms with van der Waals surface area (Å²) >= 11 is 0. The Morgan fingerprint density at radius 3 is 2.23 bits per heavy atom. The Hall–Kier alpha value is -2.58. The number of rotatable bonds is 5. The van der Waals surface area contributed by atoms with E-state index in [2.05, 4.69) is 15.0 Å². The normalized spacial score (nSPS) is 21.2. The van der Waals surface area contributed by atoms with Gasteiger partial charge in [0.05, 0.1) is 0 Å². The number of hydrogen-bond donors (Lipinski definition) is 3. The first-order chi connectivity index (χ1) is 14.1. The van der Waals surface area contributed by atoms with Crippen molar-refractivity contribution in [3.8, 4) is 0 Å². The van der Waals surface area contributed by atoms with Crippen LogP contribution in [0.4, 0.5) is 51.4 Å². The number of anilines is 2. The second kappa shape index (κ2) is 8.51. The van der Waals surface area contributed by atoms with E-state index in [9.17, 15) is 44.6 Å². The van der Waals surface area contributed by atoms with Crippen molar-refractivity contribution in [2.45, 2.75) is 57.1 Å². The molecule has 0 spiro atoms. The van der Waals surface area contributed by atoms with Crippen LogP contribution in [0, 0.1) is 0 Å². The summed E-state index contributed by atoms with van der Waals surface area (Å²) < 4.78 is 119. The first-order valence-electron chi connectivity index (χ1n) is 8.61. The van der Waals surface area contributed by atoms with E-state index in [1.165, 1.54) is 0 Å². The van der Waals surface area contributed by atoms with Gasteiger partial charge in [0.2, 0.25) is 11.9 Å². The van der Waals surface area contributed by atoms with E-state index in [-0.39, 0.29) is 0 Å². The fraction of sp³-hybridized carbons (Fsp3) is 0.562. The number of nitrogens with zero attached hydrogens (tertiary/aromatic N) is 3. The lowest BCUT2D eigenvalue weighted by Crippen LogP contribution is -2.37. The van der Waals surface area contributed by atoms with Gasteiger partial charge in [-0.15, -0.1) is 0 Å². The molecule has 0 fully saturated rings. The Labute approximate surface area is 169 Å². The number of nitrogens with one attached hydrogen (secondary N) is 2. The SMILES string of the molecule is CC=C(Nc1nc(N[C@@H](C)C(F)(F)F)nc(C2=C(F)C(O)C(F)(F)CC2)n1)C(F)(F)F. The number of aliphatic hydroxyl groups is 1. The molecule has 0 amide bonds. The molecule has 1 unspecified atom stereocenters. The number of allylic oxidation sites excluding steroid dienone is 3. The van der Waals surface area contributed by atoms with Crippen LogP contribution < -0.4 is 10.6 Å². The number of hydrogen-bond acceptors (Lipinski definition) is 6. The van der Waals surface area contributed by atoms with Gasteiger partial charge in [-0.25, -0.2) is 13.2 Å². The average Bonchev–Trinajstić information content (AvgIpc) is 2.62. The first-order valence-corrected chi connectivity index (χ1v) is 8.61. The molecular weight excluding hydrogens is 449 g/mol. The molecule has 0 aromatic carbocycles. The Balaban J connectivity index is 2.55. The molecule has 0 saturated heterocycles. The Kier molecular flexibility index (Phi) is 6.78. The van der Waals surface area contributed by atoms with Crippen molar-refractivity contribution < 1.29 is 44.6 Å². The fourth-order valence-electron chi connectivity index (χ4n) is 2.45. The maximum atomic E-state index is 14.3. The maximum Gasteiger partial charge on any atom is 0.431 e. The summed E-state index contributed by atoms with van der Waals surface area (Å²) in [7, 11) is 0. The molecule has 0 saturated carbocycles. The van der Waals surface area contributed by atoms with Crippen molar-refractivity contribution in [3.63, 3.8) is 0 Å². The summed E-state index contributed by atoms with van der Waals surface area (Å²) in [5.41, 5.74) is -2.08. The van der Waals surface area contributed by atoms with Crippen molar-refractivity contribution in [2.24, 2.45) is 0 Å². The summed E-state index contributed by atoms with van der Waals surface area (Å²) in [4.78, 5) is 10.4. The van der Waals surface area contributed by atoms with Gasteiger partial charge in [0.25, 0.3) is 5.92 Å². The van der Waals surface area contributed by atoms with Gasteiger partial charge in [-0.05, 0) is 20.3 Å². The summed E-state index contributed by atoms with van der Waals surface area (Å²) in [5, 5.41) is 13.0. The van der Waals surface area contributed by atoms with Gasteiger partial charge in [0, 0.05) is 12.0 Å². The van der Waals surface area contributed by atoms with Crippen molar-refractivity contribution in [2.75, 3.05) is 10.6 Å². The molecule has 3 N–H and O–H groups in total. The molecule has 6 nitrogen and oxygen atoms in total. The van der Waals surface area contributed by atoms with Crippen LogP contribution >= 0.6 is 0 Å². The summed E-state index contributed by atoms with van der Waals surface area (Å²) in [5.74, 6) is -8.17. The molecule has 1 aromatic heterocycles. The largest absolute Gasteiger partial charge is 0.431 e. The molecule has 1 aliphatic rings. The van der Waals surface area contributed by atoms with Gasteiger partial charge >= 0.3 is 12.4 Å². The lowest BCUT2D eigenvalue weighted by molar-refractivity contribution is -0.138. The van der Waals surface area contributed by atoms with Gasteiger partial charge in [-0.3, -0.25) is 0 Å². The highest BCUT2D eigenvalue weighted by Gasteiger charge is 2.46. The van der Waals surface area contributed by atoms with E-state index in [0.717, 1.165) is 6.92 Å². The van der Waals surface area contributed by atoms with E-state index in [1.807, 2.05) is 0 Å². The highest BCUT2D eigenvalue weighted by atomic mass is 19.4. The highest BCUT2D eigenvalue weighted by Crippen LogP contribution is 2.41. The zero-order chi connectivity index (χ0) is 23.8. The zero-order valence-electron chi connectivity index (χ0n) is 15.8. The number of aromatic nitrogens is 3. The minimum absolute atomic E-state index is 0.583. The van der Waals surface area contributed by atoms with Crippen LogP contribution in [0.5, 0.6) is 0 Å². The van der Waals surface area contributed by atoms with Crippen LogP contribution in [-0.4, -0.2) is 50.5 Å². The quantitative estimate of drug-likeness (QED) is 0.553. The smallest absolute Gasteiger partial charge is 0.380 e. The highest BCUT2D eigenvalue weighted by molar-refractivity contribution is 5.66. The van der Waals surface area contributed by atoms with E-state index < -0.39 is 78.1 Å². The van der Waals surface area contributed by atoms with Crippen molar-refractivity contribution in [1.29, 1.82) is 0 Å². The van der Waals surface area contributed by atoms with Crippen molar-refractivity contribution >= 4 is 17.5 Å². The van der Waals surface area contributed by atoms with Crippen LogP contribution in [0.15, 0.2) is 17.6 Å². The van der Waals surface area contributed by atoms with E-state index in [1.54, 1.807) is 10.6 Å². The van der Waals surface area contributed by atoms with Gasteiger partial charge in [-0.2, -0.15) is 41.3 Å². The standard InChI is InChI=1S/C16H16F9N5O/c1-3-8(16(23,24)25)27-13-29-11(7-4-5-14(18,19)10(31)9(7)17)28-12(30-13)26-6(2)15(20,21)22/h3,6,10,31H,4-5H2,1-2H3,(H2,26,27,28,29,30)/t6-,10?/m0/s1. The molecule has 15 heteroatoms. The molecule has 0 bridgehead atoms. The van der Waals surface area contributed by atoms with Gasteiger partial charge in [0.1, 0.15) is 17.6 Å². The Morgan fingerprint density at radius 2 is 1.71 bits per heavy atom. The predicted molar refractivity (Wildman–Crippen MR) is 90.6 cm³/mol. The van der Waals surface area contributed by atoms with E-state index in [0.29, 0.717) is 13.0 Å². The third kappa shape index (κ3) is 5.77. The van der Waals surface area contributed by atoms with Crippen LogP contribution in [0.1, 0.15) is 32.5 Å². The molecule has 31 heavy (non-hydrogen) atoms. The van der Waals surface area contributed by atoms with Crippen LogP contribution in [-0.2, 0) is 0 Å². The number of alkyl halides is 8. The van der Waals surface area contributed by atoms with Crippen LogP contribution in [0.25, 0.3) is 5.57 Å². The molecule has 1 heterocycles. The first kappa shape index (κ1) is 24.7. The topological polar surface area (TPSA) is 83.0 Å². The lowest BCUT2D eigenvalue weighted by atomic mass is 9.92. The minimum atomic E-state index is -4.91. The second-order valence-corrected chi connectivity index (χ2v) is 6.53. The zero-order valence-corrected chi connectivity index (χ0v) is 15.8. The van der Waals surface area contributed by atoms with Crippen LogP contribution in [0.2, 0.25) is 0 Å².